The van der Waals surface area contributed by atoms with Crippen molar-refractivity contribution in [3.05, 3.63) is 12.7 Å². The highest BCUT2D eigenvalue weighted by atomic mass is 16.6. The van der Waals surface area contributed by atoms with E-state index in [2.05, 4.69) is 6.58 Å². The molecule has 1 fully saturated rings. The lowest BCUT2D eigenvalue weighted by Crippen LogP contribution is -2.08. The van der Waals surface area contributed by atoms with Crippen LogP contribution in [0.1, 0.15) is 13.3 Å². The van der Waals surface area contributed by atoms with Crippen LogP contribution in [0.15, 0.2) is 12.7 Å². The van der Waals surface area contributed by atoms with Crippen molar-refractivity contribution in [3.8, 4) is 0 Å². The zero-order valence-corrected chi connectivity index (χ0v) is 5.58. The summed E-state index contributed by atoms with van der Waals surface area (Å²) in [4.78, 5) is 0. The van der Waals surface area contributed by atoms with Crippen LogP contribution >= 0.6 is 0 Å². The van der Waals surface area contributed by atoms with E-state index in [4.69, 9.17) is 9.84 Å². The fourth-order valence-electron chi connectivity index (χ4n) is 1.12. The van der Waals surface area contributed by atoms with E-state index in [1.54, 1.807) is 0 Å². The van der Waals surface area contributed by atoms with E-state index in [9.17, 15) is 0 Å². The number of aliphatic hydroxyl groups is 1. The lowest BCUT2D eigenvalue weighted by molar-refractivity contribution is -0.0859. The molecule has 1 aliphatic heterocycles. The molecule has 0 aliphatic carbocycles. The molecule has 9 heavy (non-hydrogen) atoms. The second kappa shape index (κ2) is 2.50. The van der Waals surface area contributed by atoms with Crippen LogP contribution in [-0.2, 0) is 4.74 Å². The van der Waals surface area contributed by atoms with E-state index in [0.717, 1.165) is 0 Å². The quantitative estimate of drug-likeness (QED) is 0.532. The molecule has 2 heteroatoms. The average molecular weight is 128 g/mol. The fraction of sp³-hybridized carbons (Fsp3) is 0.714. The van der Waals surface area contributed by atoms with E-state index in [1.807, 2.05) is 13.0 Å². The summed E-state index contributed by atoms with van der Waals surface area (Å²) in [5, 5.41) is 8.93. The van der Waals surface area contributed by atoms with Crippen LogP contribution in [0, 0.1) is 5.92 Å². The second-order valence-corrected chi connectivity index (χ2v) is 2.43. The van der Waals surface area contributed by atoms with E-state index < -0.39 is 6.29 Å². The molecule has 1 unspecified atom stereocenters. The van der Waals surface area contributed by atoms with Gasteiger partial charge in [0.15, 0.2) is 6.29 Å². The molecule has 1 rings (SSSR count). The molecular weight excluding hydrogens is 116 g/mol. The summed E-state index contributed by atoms with van der Waals surface area (Å²) in [6.07, 6.45) is 2.10. The molecule has 2 nitrogen and oxygen atoms in total. The highest BCUT2D eigenvalue weighted by Gasteiger charge is 2.27. The van der Waals surface area contributed by atoms with E-state index >= 15 is 0 Å². The van der Waals surface area contributed by atoms with Crippen molar-refractivity contribution in [1.82, 2.24) is 0 Å². The van der Waals surface area contributed by atoms with Gasteiger partial charge in [-0.15, -0.1) is 6.58 Å². The predicted molar refractivity (Wildman–Crippen MR) is 34.9 cm³/mol. The van der Waals surface area contributed by atoms with Crippen LogP contribution in [0.3, 0.4) is 0 Å². The number of ether oxygens (including phenoxy) is 1. The first kappa shape index (κ1) is 6.78. The summed E-state index contributed by atoms with van der Waals surface area (Å²) in [7, 11) is 0. The summed E-state index contributed by atoms with van der Waals surface area (Å²) in [5.74, 6) is 0.333. The number of hydrogen-bond donors (Lipinski definition) is 1. The summed E-state index contributed by atoms with van der Waals surface area (Å²) < 4.78 is 5.05. The second-order valence-electron chi connectivity index (χ2n) is 2.43. The molecule has 0 aromatic rings. The minimum Gasteiger partial charge on any atom is -0.368 e. The van der Waals surface area contributed by atoms with Crippen LogP contribution in [0.4, 0.5) is 0 Å². The number of rotatable bonds is 1. The van der Waals surface area contributed by atoms with Crippen molar-refractivity contribution in [2.45, 2.75) is 25.7 Å². The van der Waals surface area contributed by atoms with Gasteiger partial charge in [-0.25, -0.2) is 0 Å². The minimum absolute atomic E-state index is 0.137. The minimum atomic E-state index is -0.567. The molecule has 0 spiro atoms. The van der Waals surface area contributed by atoms with Gasteiger partial charge in [-0.1, -0.05) is 6.08 Å². The van der Waals surface area contributed by atoms with Crippen molar-refractivity contribution >= 4 is 0 Å². The summed E-state index contributed by atoms with van der Waals surface area (Å²) in [6, 6.07) is 0. The molecule has 0 bridgehead atoms. The van der Waals surface area contributed by atoms with Crippen molar-refractivity contribution in [2.75, 3.05) is 0 Å². The van der Waals surface area contributed by atoms with Gasteiger partial charge in [0.1, 0.15) is 0 Å². The van der Waals surface area contributed by atoms with Gasteiger partial charge in [-0.05, 0) is 6.92 Å². The molecule has 1 heterocycles. The Morgan fingerprint density at radius 3 is 2.67 bits per heavy atom. The van der Waals surface area contributed by atoms with Crippen molar-refractivity contribution in [2.24, 2.45) is 5.92 Å². The first-order valence-electron chi connectivity index (χ1n) is 3.20. The lowest BCUT2D eigenvalue weighted by atomic mass is 10.0. The van der Waals surface area contributed by atoms with Crippen LogP contribution in [0.2, 0.25) is 0 Å². The maximum absolute atomic E-state index is 8.93. The molecule has 0 saturated carbocycles. The third-order valence-electron chi connectivity index (χ3n) is 1.75. The zero-order valence-electron chi connectivity index (χ0n) is 5.58. The molecule has 3 atom stereocenters. The Kier molecular flexibility index (Phi) is 1.88. The van der Waals surface area contributed by atoms with E-state index in [1.165, 1.54) is 0 Å². The summed E-state index contributed by atoms with van der Waals surface area (Å²) >= 11 is 0. The van der Waals surface area contributed by atoms with Crippen LogP contribution in [0.5, 0.6) is 0 Å². The third kappa shape index (κ3) is 1.32. The highest BCUT2D eigenvalue weighted by Crippen LogP contribution is 2.24. The Balaban J connectivity index is 2.47. The predicted octanol–water partition coefficient (Wildman–Crippen LogP) is 0.916. The van der Waals surface area contributed by atoms with E-state index in [-0.39, 0.29) is 6.10 Å². The Hall–Kier alpha value is -0.340. The van der Waals surface area contributed by atoms with Crippen molar-refractivity contribution < 1.29 is 9.84 Å². The van der Waals surface area contributed by atoms with Gasteiger partial charge in [0.05, 0.1) is 6.10 Å². The van der Waals surface area contributed by atoms with Gasteiger partial charge in [0.25, 0.3) is 0 Å². The van der Waals surface area contributed by atoms with Crippen LogP contribution < -0.4 is 0 Å². The van der Waals surface area contributed by atoms with Gasteiger partial charge >= 0.3 is 0 Å². The lowest BCUT2D eigenvalue weighted by Gasteiger charge is -2.05. The van der Waals surface area contributed by atoms with Gasteiger partial charge in [-0.3, -0.25) is 0 Å². The number of hydrogen-bond acceptors (Lipinski definition) is 2. The summed E-state index contributed by atoms with van der Waals surface area (Å²) in [5.41, 5.74) is 0. The van der Waals surface area contributed by atoms with E-state index in [0.29, 0.717) is 12.3 Å². The zero-order chi connectivity index (χ0) is 6.85. The fourth-order valence-corrected chi connectivity index (χ4v) is 1.12. The molecule has 52 valence electrons. The standard InChI is InChI=1S/C7H12O2/c1-3-6-4-7(8)9-5(6)2/h3,5-8H,1,4H2,2H3/t5-,6+,7?/m0/s1. The third-order valence-corrected chi connectivity index (χ3v) is 1.75. The van der Waals surface area contributed by atoms with Crippen molar-refractivity contribution in [1.29, 1.82) is 0 Å². The molecule has 0 amide bonds. The van der Waals surface area contributed by atoms with Gasteiger partial charge in [0, 0.05) is 12.3 Å². The SMILES string of the molecule is C=C[C@@H]1CC(O)O[C@H]1C. The van der Waals surface area contributed by atoms with Crippen molar-refractivity contribution in [3.63, 3.8) is 0 Å². The van der Waals surface area contributed by atoms with Crippen LogP contribution in [0.25, 0.3) is 0 Å². The van der Waals surface area contributed by atoms with Gasteiger partial charge in [-0.2, -0.15) is 0 Å². The normalized spacial score (nSPS) is 43.1. The molecule has 0 aromatic carbocycles. The highest BCUT2D eigenvalue weighted by molar-refractivity contribution is 4.87. The maximum Gasteiger partial charge on any atom is 0.155 e. The Morgan fingerprint density at radius 1 is 1.78 bits per heavy atom. The molecular formula is C7H12O2. The van der Waals surface area contributed by atoms with Gasteiger partial charge < -0.3 is 9.84 Å². The molecule has 0 aromatic heterocycles. The Bertz CT molecular complexity index is 111. The smallest absolute Gasteiger partial charge is 0.155 e. The molecule has 1 aliphatic rings. The van der Waals surface area contributed by atoms with Crippen LogP contribution in [-0.4, -0.2) is 17.5 Å². The number of aliphatic hydroxyl groups excluding tert-OH is 1. The largest absolute Gasteiger partial charge is 0.368 e. The Labute approximate surface area is 55.1 Å². The maximum atomic E-state index is 8.93. The first-order valence-corrected chi connectivity index (χ1v) is 3.20. The molecule has 0 radical (unpaired) electrons. The van der Waals surface area contributed by atoms with Gasteiger partial charge in [0.2, 0.25) is 0 Å². The topological polar surface area (TPSA) is 29.5 Å². The average Bonchev–Trinajstić information content (AvgIpc) is 2.10. The molecule has 1 N–H and O–H groups in total. The Morgan fingerprint density at radius 2 is 2.44 bits per heavy atom. The monoisotopic (exact) mass is 128 g/mol. The molecule has 1 saturated heterocycles. The first-order chi connectivity index (χ1) is 4.24. The summed E-state index contributed by atoms with van der Waals surface area (Å²) in [6.45, 7) is 5.58.